The lowest BCUT2D eigenvalue weighted by Crippen LogP contribution is -2.30. The highest BCUT2D eigenvalue weighted by atomic mass is 35.5. The smallest absolute Gasteiger partial charge is 0.295 e. The number of rotatable bonds is 8. The summed E-state index contributed by atoms with van der Waals surface area (Å²) in [5.74, 6) is -0.692. The Kier molecular flexibility index (Phi) is 7.46. The van der Waals surface area contributed by atoms with Crippen LogP contribution in [0.3, 0.4) is 0 Å². The molecule has 6 nitrogen and oxygen atoms in total. The van der Waals surface area contributed by atoms with Gasteiger partial charge in [0, 0.05) is 17.7 Å². The zero-order valence-electron chi connectivity index (χ0n) is 18.7. The molecule has 1 saturated heterocycles. The molecule has 0 aromatic heterocycles. The van der Waals surface area contributed by atoms with Crippen molar-refractivity contribution >= 4 is 29.1 Å². The fraction of sp³-hybridized carbons (Fsp3) is 0.360. The second kappa shape index (κ2) is 10.1. The van der Waals surface area contributed by atoms with E-state index < -0.39 is 17.7 Å². The molecule has 3 rings (SSSR count). The highest BCUT2D eigenvalue weighted by Gasteiger charge is 2.46. The Hall–Kier alpha value is -2.99. The lowest BCUT2D eigenvalue weighted by molar-refractivity contribution is -0.139. The fourth-order valence-corrected chi connectivity index (χ4v) is 4.04. The van der Waals surface area contributed by atoms with Gasteiger partial charge in [-0.15, -0.1) is 0 Å². The first kappa shape index (κ1) is 23.7. The van der Waals surface area contributed by atoms with Crippen LogP contribution in [0.15, 0.2) is 48.0 Å². The van der Waals surface area contributed by atoms with Crippen LogP contribution in [0.2, 0.25) is 5.02 Å². The van der Waals surface area contributed by atoms with Crippen LogP contribution < -0.4 is 9.47 Å². The maximum Gasteiger partial charge on any atom is 0.295 e. The molecular weight excluding hydrogens is 430 g/mol. The molecule has 7 heteroatoms. The number of benzene rings is 2. The molecule has 170 valence electrons. The molecular formula is C25H28ClNO5. The van der Waals surface area contributed by atoms with Crippen molar-refractivity contribution in [3.8, 4) is 11.5 Å². The second-order valence-electron chi connectivity index (χ2n) is 7.77. The zero-order chi connectivity index (χ0) is 23.4. The number of carbonyl (C=O) groups is 2. The summed E-state index contributed by atoms with van der Waals surface area (Å²) in [5, 5.41) is 11.5. The van der Waals surface area contributed by atoms with Crippen LogP contribution in [-0.4, -0.2) is 41.0 Å². The van der Waals surface area contributed by atoms with Crippen molar-refractivity contribution in [2.24, 2.45) is 0 Å². The number of aliphatic hydroxyl groups excluding tert-OH is 1. The van der Waals surface area contributed by atoms with Gasteiger partial charge >= 0.3 is 0 Å². The predicted molar refractivity (Wildman–Crippen MR) is 124 cm³/mol. The third-order valence-electron chi connectivity index (χ3n) is 5.08. The topological polar surface area (TPSA) is 76.1 Å². The number of carbonyl (C=O) groups excluding carboxylic acids is 2. The van der Waals surface area contributed by atoms with Crippen LogP contribution in [0, 0.1) is 0 Å². The highest BCUT2D eigenvalue weighted by Crippen LogP contribution is 2.44. The SMILES string of the molecule is CCCN1C(=O)C(=O)/C(=C(/O)c2cc(OCC)ccc2Cl)C1c1ccccc1OC(C)C. The van der Waals surface area contributed by atoms with Crippen molar-refractivity contribution in [2.45, 2.75) is 46.3 Å². The van der Waals surface area contributed by atoms with Gasteiger partial charge in [0.2, 0.25) is 0 Å². The van der Waals surface area contributed by atoms with Gasteiger partial charge in [-0.3, -0.25) is 9.59 Å². The highest BCUT2D eigenvalue weighted by molar-refractivity contribution is 6.47. The van der Waals surface area contributed by atoms with Crippen LogP contribution in [0.5, 0.6) is 11.5 Å². The van der Waals surface area contributed by atoms with Crippen molar-refractivity contribution in [1.82, 2.24) is 4.90 Å². The van der Waals surface area contributed by atoms with Crippen LogP contribution in [-0.2, 0) is 9.59 Å². The molecule has 2 aromatic carbocycles. The van der Waals surface area contributed by atoms with Crippen LogP contribution >= 0.6 is 11.6 Å². The lowest BCUT2D eigenvalue weighted by Gasteiger charge is -2.27. The number of likely N-dealkylation sites (tertiary alicyclic amines) is 1. The Morgan fingerprint density at radius 2 is 1.88 bits per heavy atom. The first-order chi connectivity index (χ1) is 15.3. The summed E-state index contributed by atoms with van der Waals surface area (Å²) >= 11 is 6.36. The summed E-state index contributed by atoms with van der Waals surface area (Å²) in [5.41, 5.74) is 0.852. The van der Waals surface area contributed by atoms with E-state index in [9.17, 15) is 14.7 Å². The molecule has 2 aromatic rings. The van der Waals surface area contributed by atoms with Crippen LogP contribution in [0.1, 0.15) is 51.3 Å². The van der Waals surface area contributed by atoms with E-state index >= 15 is 0 Å². The summed E-state index contributed by atoms with van der Waals surface area (Å²) in [6.45, 7) is 8.36. The first-order valence-electron chi connectivity index (χ1n) is 10.8. The normalized spacial score (nSPS) is 17.8. The maximum atomic E-state index is 13.1. The standard InChI is InChI=1S/C25H28ClNO5/c1-5-13-27-22(17-9-7-8-10-20(17)32-15(3)4)21(24(29)25(27)30)23(28)18-14-16(31-6-2)11-12-19(18)26/h7-12,14-15,22,28H,5-6,13H2,1-4H3/b23-21+. The van der Waals surface area contributed by atoms with E-state index in [2.05, 4.69) is 0 Å². The van der Waals surface area contributed by atoms with E-state index in [1.54, 1.807) is 24.3 Å². The molecule has 0 radical (unpaired) electrons. The third-order valence-corrected chi connectivity index (χ3v) is 5.41. The Balaban J connectivity index is 2.24. The average molecular weight is 458 g/mol. The molecule has 0 saturated carbocycles. The molecule has 1 N–H and O–H groups in total. The van der Waals surface area contributed by atoms with Gasteiger partial charge in [-0.25, -0.2) is 0 Å². The van der Waals surface area contributed by atoms with Gasteiger partial charge in [0.25, 0.3) is 11.7 Å². The minimum atomic E-state index is -0.795. The quantitative estimate of drug-likeness (QED) is 0.328. The molecule has 32 heavy (non-hydrogen) atoms. The van der Waals surface area contributed by atoms with Gasteiger partial charge in [0.1, 0.15) is 17.3 Å². The average Bonchev–Trinajstić information content (AvgIpc) is 3.00. The molecule has 0 aliphatic carbocycles. The predicted octanol–water partition coefficient (Wildman–Crippen LogP) is 5.36. The number of halogens is 1. The van der Waals surface area contributed by atoms with E-state index in [0.29, 0.717) is 36.6 Å². The largest absolute Gasteiger partial charge is 0.507 e. The number of Topliss-reactive ketones (excluding diaryl/α,β-unsaturated/α-hetero) is 1. The van der Waals surface area contributed by atoms with E-state index in [-0.39, 0.29) is 28.0 Å². The van der Waals surface area contributed by atoms with E-state index in [1.165, 1.54) is 4.90 Å². The number of hydrogen-bond donors (Lipinski definition) is 1. The molecule has 1 amide bonds. The number of hydrogen-bond acceptors (Lipinski definition) is 5. The molecule has 1 fully saturated rings. The monoisotopic (exact) mass is 457 g/mol. The van der Waals surface area contributed by atoms with Crippen molar-refractivity contribution in [3.05, 3.63) is 64.2 Å². The maximum absolute atomic E-state index is 13.1. The van der Waals surface area contributed by atoms with Crippen molar-refractivity contribution in [2.75, 3.05) is 13.2 Å². The minimum Gasteiger partial charge on any atom is -0.507 e. The molecule has 1 heterocycles. The number of amides is 1. The first-order valence-corrected chi connectivity index (χ1v) is 11.1. The second-order valence-corrected chi connectivity index (χ2v) is 8.18. The molecule has 1 atom stereocenters. The fourth-order valence-electron chi connectivity index (χ4n) is 3.83. The van der Waals surface area contributed by atoms with E-state index in [1.807, 2.05) is 45.9 Å². The number of nitrogens with zero attached hydrogens (tertiary/aromatic N) is 1. The lowest BCUT2D eigenvalue weighted by atomic mass is 9.94. The molecule has 1 aliphatic rings. The van der Waals surface area contributed by atoms with Crippen molar-refractivity contribution < 1.29 is 24.2 Å². The van der Waals surface area contributed by atoms with E-state index in [4.69, 9.17) is 21.1 Å². The summed E-state index contributed by atoms with van der Waals surface area (Å²) < 4.78 is 11.5. The molecule has 0 bridgehead atoms. The Morgan fingerprint density at radius 3 is 2.53 bits per heavy atom. The van der Waals surface area contributed by atoms with Gasteiger partial charge in [0.05, 0.1) is 29.3 Å². The van der Waals surface area contributed by atoms with Crippen molar-refractivity contribution in [3.63, 3.8) is 0 Å². The summed E-state index contributed by atoms with van der Waals surface area (Å²) in [6, 6.07) is 11.3. The van der Waals surface area contributed by atoms with Gasteiger partial charge < -0.3 is 19.5 Å². The van der Waals surface area contributed by atoms with Gasteiger partial charge in [-0.2, -0.15) is 0 Å². The van der Waals surface area contributed by atoms with Gasteiger partial charge in [-0.05, 0) is 51.5 Å². The Bertz CT molecular complexity index is 1050. The van der Waals surface area contributed by atoms with Crippen LogP contribution in [0.25, 0.3) is 5.76 Å². The number of para-hydroxylation sites is 1. The number of ketones is 1. The van der Waals surface area contributed by atoms with Crippen molar-refractivity contribution in [1.29, 1.82) is 0 Å². The minimum absolute atomic E-state index is 0.0150. The molecule has 0 spiro atoms. The zero-order valence-corrected chi connectivity index (χ0v) is 19.5. The summed E-state index contributed by atoms with van der Waals surface area (Å²) in [4.78, 5) is 27.5. The Labute approximate surface area is 193 Å². The van der Waals surface area contributed by atoms with Gasteiger partial charge in [0.15, 0.2) is 0 Å². The summed E-state index contributed by atoms with van der Waals surface area (Å²) in [7, 11) is 0. The third kappa shape index (κ3) is 4.60. The Morgan fingerprint density at radius 1 is 1.16 bits per heavy atom. The summed E-state index contributed by atoms with van der Waals surface area (Å²) in [6.07, 6.45) is 0.541. The van der Waals surface area contributed by atoms with Crippen LogP contribution in [0.4, 0.5) is 0 Å². The number of aliphatic hydroxyl groups is 1. The number of ether oxygens (including phenoxy) is 2. The molecule has 1 unspecified atom stereocenters. The molecule has 1 aliphatic heterocycles. The van der Waals surface area contributed by atoms with Gasteiger partial charge in [-0.1, -0.05) is 36.7 Å². The van der Waals surface area contributed by atoms with E-state index in [0.717, 1.165) is 0 Å².